The van der Waals surface area contributed by atoms with Gasteiger partial charge >= 0.3 is 0 Å². The van der Waals surface area contributed by atoms with Crippen molar-refractivity contribution in [1.82, 2.24) is 14.9 Å². The van der Waals surface area contributed by atoms with Gasteiger partial charge in [0.15, 0.2) is 5.82 Å². The lowest BCUT2D eigenvalue weighted by atomic mass is 9.87. The van der Waals surface area contributed by atoms with Gasteiger partial charge in [-0.25, -0.2) is 5.10 Å². The normalized spacial score (nSPS) is 11.8. The summed E-state index contributed by atoms with van der Waals surface area (Å²) in [5.74, 6) is 0.537. The zero-order valence-electron chi connectivity index (χ0n) is 15.2. The Morgan fingerprint density at radius 1 is 1.19 bits per heavy atom. The Morgan fingerprint density at radius 2 is 1.85 bits per heavy atom. The summed E-state index contributed by atoms with van der Waals surface area (Å²) >= 11 is 5.25. The van der Waals surface area contributed by atoms with E-state index in [1.54, 1.807) is 18.2 Å². The van der Waals surface area contributed by atoms with Crippen LogP contribution in [0.25, 0.3) is 11.4 Å². The number of para-hydroxylation sites is 1. The number of aromatic nitrogens is 3. The maximum Gasteiger partial charge on any atom is 0.278 e. The lowest BCUT2D eigenvalue weighted by molar-refractivity contribution is -0.385. The fraction of sp³-hybridized carbons (Fsp3) is 0.211. The molecule has 0 fully saturated rings. The van der Waals surface area contributed by atoms with E-state index in [-0.39, 0.29) is 11.1 Å². The van der Waals surface area contributed by atoms with Gasteiger partial charge in [-0.15, -0.1) is 0 Å². The van der Waals surface area contributed by atoms with Crippen molar-refractivity contribution in [3.8, 4) is 11.4 Å². The lowest BCUT2D eigenvalue weighted by Crippen LogP contribution is -2.10. The molecule has 3 rings (SSSR count). The average molecular weight is 381 g/mol. The molecule has 0 saturated heterocycles. The van der Waals surface area contributed by atoms with Gasteiger partial charge in [0.25, 0.3) is 5.69 Å². The Kier molecular flexibility index (Phi) is 5.00. The molecule has 0 spiro atoms. The number of nitrogens with zero attached hydrogens (tertiary/aromatic N) is 4. The summed E-state index contributed by atoms with van der Waals surface area (Å²) < 4.78 is 1.76. The highest BCUT2D eigenvalue weighted by Crippen LogP contribution is 2.25. The molecule has 0 saturated carbocycles. The molecule has 1 N–H and O–H groups in total. The summed E-state index contributed by atoms with van der Waals surface area (Å²) in [4.78, 5) is 10.7. The number of hydrogen-bond acceptors (Lipinski definition) is 5. The maximum absolute atomic E-state index is 11.1. The first-order chi connectivity index (χ1) is 12.8. The van der Waals surface area contributed by atoms with E-state index in [4.69, 9.17) is 12.2 Å². The zero-order chi connectivity index (χ0) is 19.6. The van der Waals surface area contributed by atoms with Crippen molar-refractivity contribution in [2.24, 2.45) is 5.10 Å². The van der Waals surface area contributed by atoms with Crippen LogP contribution >= 0.6 is 12.2 Å². The molecule has 0 radical (unpaired) electrons. The fourth-order valence-corrected chi connectivity index (χ4v) is 2.77. The highest BCUT2D eigenvalue weighted by atomic mass is 32.1. The molecule has 0 aliphatic heterocycles. The van der Waals surface area contributed by atoms with Crippen LogP contribution in [-0.2, 0) is 5.41 Å². The second-order valence-corrected chi connectivity index (χ2v) is 7.44. The van der Waals surface area contributed by atoms with E-state index in [1.807, 2.05) is 24.3 Å². The van der Waals surface area contributed by atoms with Gasteiger partial charge in [-0.2, -0.15) is 14.9 Å². The van der Waals surface area contributed by atoms with Crippen molar-refractivity contribution in [2.45, 2.75) is 26.2 Å². The number of benzene rings is 2. The number of nitrogens with one attached hydrogen (secondary N) is 1. The standard InChI is InChI=1S/C19H19N5O2S/c1-19(2,3)15-10-8-13(9-11-15)17-21-22-18(27)23(17)20-12-14-6-4-5-7-16(14)24(25)26/h4-12H,1-3H3,(H,22,27)/b20-12-. The summed E-state index contributed by atoms with van der Waals surface area (Å²) in [6.07, 6.45) is 1.41. The Balaban J connectivity index is 1.99. The molecule has 0 aliphatic carbocycles. The third-order valence-electron chi connectivity index (χ3n) is 4.11. The summed E-state index contributed by atoms with van der Waals surface area (Å²) in [6, 6.07) is 14.4. The van der Waals surface area contributed by atoms with Crippen LogP contribution in [0.2, 0.25) is 0 Å². The molecule has 1 aromatic heterocycles. The molecule has 7 nitrogen and oxygen atoms in total. The highest BCUT2D eigenvalue weighted by Gasteiger charge is 2.15. The maximum atomic E-state index is 11.1. The van der Waals surface area contributed by atoms with Crippen molar-refractivity contribution in [1.29, 1.82) is 0 Å². The van der Waals surface area contributed by atoms with Crippen molar-refractivity contribution in [3.63, 3.8) is 0 Å². The number of rotatable bonds is 4. The molecular formula is C19H19N5O2S. The molecule has 138 valence electrons. The number of H-pyrrole nitrogens is 1. The van der Waals surface area contributed by atoms with E-state index in [1.165, 1.54) is 22.5 Å². The molecule has 8 heteroatoms. The third kappa shape index (κ3) is 4.01. The van der Waals surface area contributed by atoms with E-state index >= 15 is 0 Å². The van der Waals surface area contributed by atoms with Crippen molar-refractivity contribution >= 4 is 24.1 Å². The van der Waals surface area contributed by atoms with Crippen molar-refractivity contribution in [3.05, 3.63) is 74.5 Å². The Hall–Kier alpha value is -3.13. The number of aromatic amines is 1. The van der Waals surface area contributed by atoms with Crippen LogP contribution in [0.15, 0.2) is 53.6 Å². The highest BCUT2D eigenvalue weighted by molar-refractivity contribution is 7.71. The van der Waals surface area contributed by atoms with Gasteiger partial charge in [-0.3, -0.25) is 10.1 Å². The first kappa shape index (κ1) is 18.7. The average Bonchev–Trinajstić information content (AvgIpc) is 3.00. The van der Waals surface area contributed by atoms with Gasteiger partial charge in [-0.05, 0) is 29.3 Å². The fourth-order valence-electron chi connectivity index (χ4n) is 2.59. The first-order valence-corrected chi connectivity index (χ1v) is 8.74. The van der Waals surface area contributed by atoms with Crippen LogP contribution in [0.1, 0.15) is 31.9 Å². The third-order valence-corrected chi connectivity index (χ3v) is 4.37. The topological polar surface area (TPSA) is 89.1 Å². The Morgan fingerprint density at radius 3 is 2.48 bits per heavy atom. The summed E-state index contributed by atoms with van der Waals surface area (Å²) in [6.45, 7) is 6.44. The van der Waals surface area contributed by atoms with Crippen LogP contribution in [0, 0.1) is 14.9 Å². The van der Waals surface area contributed by atoms with Gasteiger partial charge in [0.1, 0.15) is 0 Å². The Labute approximate surface area is 161 Å². The zero-order valence-corrected chi connectivity index (χ0v) is 16.0. The quantitative estimate of drug-likeness (QED) is 0.307. The van der Waals surface area contributed by atoms with E-state index < -0.39 is 4.92 Å². The smallest absolute Gasteiger partial charge is 0.258 e. The lowest BCUT2D eigenvalue weighted by Gasteiger charge is -2.18. The van der Waals surface area contributed by atoms with Crippen LogP contribution in [0.3, 0.4) is 0 Å². The summed E-state index contributed by atoms with van der Waals surface area (Å²) in [7, 11) is 0. The second-order valence-electron chi connectivity index (χ2n) is 7.05. The SMILES string of the molecule is CC(C)(C)c1ccc(-c2n[nH]c(=S)n2/N=C\c2ccccc2[N+](=O)[O-])cc1. The molecular weight excluding hydrogens is 362 g/mol. The molecule has 0 unspecified atom stereocenters. The van der Waals surface area contributed by atoms with Crippen molar-refractivity contribution < 1.29 is 4.92 Å². The molecule has 0 bridgehead atoms. The van der Waals surface area contributed by atoms with Crippen LogP contribution in [-0.4, -0.2) is 26.0 Å². The summed E-state index contributed by atoms with van der Waals surface area (Å²) in [5.41, 5.74) is 2.46. The Bertz CT molecular complexity index is 1060. The molecule has 0 amide bonds. The van der Waals surface area contributed by atoms with Gasteiger partial charge in [0.05, 0.1) is 16.7 Å². The van der Waals surface area contributed by atoms with Gasteiger partial charge in [-0.1, -0.05) is 57.2 Å². The van der Waals surface area contributed by atoms with E-state index in [9.17, 15) is 10.1 Å². The molecule has 2 aromatic carbocycles. The van der Waals surface area contributed by atoms with Crippen LogP contribution in [0.4, 0.5) is 5.69 Å². The number of nitro groups is 1. The minimum atomic E-state index is -0.442. The minimum Gasteiger partial charge on any atom is -0.258 e. The predicted octanol–water partition coefficient (Wildman–Crippen LogP) is 4.70. The van der Waals surface area contributed by atoms with Crippen LogP contribution in [0.5, 0.6) is 0 Å². The number of nitro benzene ring substituents is 1. The largest absolute Gasteiger partial charge is 0.278 e. The molecule has 27 heavy (non-hydrogen) atoms. The van der Waals surface area contributed by atoms with Crippen LogP contribution < -0.4 is 0 Å². The van der Waals surface area contributed by atoms with Gasteiger partial charge in [0.2, 0.25) is 4.77 Å². The molecule has 3 aromatic rings. The van der Waals surface area contributed by atoms with Gasteiger partial charge < -0.3 is 0 Å². The van der Waals surface area contributed by atoms with E-state index in [2.05, 4.69) is 36.1 Å². The molecule has 0 aliphatic rings. The predicted molar refractivity (Wildman–Crippen MR) is 108 cm³/mol. The minimum absolute atomic E-state index is 0.0210. The first-order valence-electron chi connectivity index (χ1n) is 8.33. The molecule has 1 heterocycles. The summed E-state index contributed by atoms with van der Waals surface area (Å²) in [5, 5.41) is 22.4. The van der Waals surface area contributed by atoms with E-state index in [0.29, 0.717) is 16.2 Å². The number of hydrogen-bond donors (Lipinski definition) is 1. The second kappa shape index (κ2) is 7.24. The van der Waals surface area contributed by atoms with E-state index in [0.717, 1.165) is 5.56 Å². The van der Waals surface area contributed by atoms with Crippen molar-refractivity contribution in [2.75, 3.05) is 0 Å². The monoisotopic (exact) mass is 381 g/mol. The molecule has 0 atom stereocenters. The van der Waals surface area contributed by atoms with Gasteiger partial charge in [0, 0.05) is 11.6 Å².